The SMILES string of the molecule is CC1(C)Cc2ccccc2C(CC(=O)C2CCCCC2)=N1. The third-order valence-corrected chi connectivity index (χ3v) is 4.79. The highest BCUT2D eigenvalue weighted by molar-refractivity contribution is 6.13. The normalized spacial score (nSPS) is 21.5. The topological polar surface area (TPSA) is 29.4 Å². The highest BCUT2D eigenvalue weighted by Gasteiger charge is 2.29. The number of benzene rings is 1. The minimum atomic E-state index is -0.0868. The number of hydrogen-bond donors (Lipinski definition) is 0. The maximum absolute atomic E-state index is 12.6. The van der Waals surface area contributed by atoms with Crippen LogP contribution in [-0.4, -0.2) is 17.0 Å². The highest BCUT2D eigenvalue weighted by atomic mass is 16.1. The van der Waals surface area contributed by atoms with Crippen LogP contribution in [0.5, 0.6) is 0 Å². The summed E-state index contributed by atoms with van der Waals surface area (Å²) in [6.07, 6.45) is 7.36. The molecule has 0 N–H and O–H groups in total. The Morgan fingerprint density at radius 3 is 2.67 bits per heavy atom. The molecule has 2 aliphatic rings. The number of Topliss-reactive ketones (excluding diaryl/α,β-unsaturated/α-hetero) is 1. The highest BCUT2D eigenvalue weighted by Crippen LogP contribution is 2.30. The standard InChI is InChI=1S/C19H25NO/c1-19(2)13-15-10-6-7-11-16(15)17(20-19)12-18(21)14-8-4-3-5-9-14/h6-7,10-11,14H,3-5,8-9,12-13H2,1-2H3. The summed E-state index contributed by atoms with van der Waals surface area (Å²) in [6, 6.07) is 8.44. The van der Waals surface area contributed by atoms with Crippen LogP contribution in [0.3, 0.4) is 0 Å². The number of hydrogen-bond acceptors (Lipinski definition) is 2. The Bertz CT molecular complexity index is 565. The van der Waals surface area contributed by atoms with Crippen LogP contribution < -0.4 is 0 Å². The van der Waals surface area contributed by atoms with Gasteiger partial charge in [0.05, 0.1) is 11.3 Å². The van der Waals surface area contributed by atoms with Crippen LogP contribution in [0.4, 0.5) is 0 Å². The van der Waals surface area contributed by atoms with Crippen molar-refractivity contribution >= 4 is 11.5 Å². The first-order chi connectivity index (χ1) is 10.1. The van der Waals surface area contributed by atoms with E-state index >= 15 is 0 Å². The van der Waals surface area contributed by atoms with E-state index < -0.39 is 0 Å². The molecule has 2 nitrogen and oxygen atoms in total. The van der Waals surface area contributed by atoms with Crippen molar-refractivity contribution in [3.05, 3.63) is 35.4 Å². The van der Waals surface area contributed by atoms with Gasteiger partial charge in [0, 0.05) is 12.3 Å². The zero-order valence-corrected chi connectivity index (χ0v) is 13.2. The van der Waals surface area contributed by atoms with Gasteiger partial charge in [0.15, 0.2) is 0 Å². The van der Waals surface area contributed by atoms with Crippen molar-refractivity contribution < 1.29 is 4.79 Å². The van der Waals surface area contributed by atoms with E-state index in [9.17, 15) is 4.79 Å². The molecule has 21 heavy (non-hydrogen) atoms. The minimum absolute atomic E-state index is 0.0868. The summed E-state index contributed by atoms with van der Waals surface area (Å²) < 4.78 is 0. The van der Waals surface area contributed by atoms with Crippen molar-refractivity contribution in [1.29, 1.82) is 0 Å². The van der Waals surface area contributed by atoms with Crippen molar-refractivity contribution in [2.75, 3.05) is 0 Å². The van der Waals surface area contributed by atoms with Crippen LogP contribution in [0.15, 0.2) is 29.3 Å². The molecule has 1 aliphatic carbocycles. The van der Waals surface area contributed by atoms with Gasteiger partial charge in [-0.3, -0.25) is 9.79 Å². The Hall–Kier alpha value is -1.44. The van der Waals surface area contributed by atoms with Gasteiger partial charge >= 0.3 is 0 Å². The number of aliphatic imine (C=N–C) groups is 1. The lowest BCUT2D eigenvalue weighted by molar-refractivity contribution is -0.122. The Morgan fingerprint density at radius 1 is 1.19 bits per heavy atom. The van der Waals surface area contributed by atoms with Gasteiger partial charge in [0.25, 0.3) is 0 Å². The predicted octanol–water partition coefficient (Wildman–Crippen LogP) is 4.35. The molecule has 1 heterocycles. The lowest BCUT2D eigenvalue weighted by Gasteiger charge is -2.29. The predicted molar refractivity (Wildman–Crippen MR) is 87.0 cm³/mol. The molecule has 3 rings (SSSR count). The van der Waals surface area contributed by atoms with Gasteiger partial charge in [-0.25, -0.2) is 0 Å². The number of nitrogens with zero attached hydrogens (tertiary/aromatic N) is 1. The third-order valence-electron chi connectivity index (χ3n) is 4.79. The summed E-state index contributed by atoms with van der Waals surface area (Å²) in [7, 11) is 0. The van der Waals surface area contributed by atoms with E-state index in [0.717, 1.165) is 25.0 Å². The summed E-state index contributed by atoms with van der Waals surface area (Å²) in [5.41, 5.74) is 3.46. The van der Waals surface area contributed by atoms with Crippen molar-refractivity contribution in [3.63, 3.8) is 0 Å². The van der Waals surface area contributed by atoms with E-state index in [1.165, 1.54) is 30.4 Å². The summed E-state index contributed by atoms with van der Waals surface area (Å²) in [5, 5.41) is 0. The van der Waals surface area contributed by atoms with E-state index in [0.29, 0.717) is 12.2 Å². The molecule has 0 saturated heterocycles. The van der Waals surface area contributed by atoms with E-state index in [1.54, 1.807) is 0 Å². The first kappa shape index (κ1) is 14.5. The van der Waals surface area contributed by atoms with E-state index in [-0.39, 0.29) is 11.5 Å². The van der Waals surface area contributed by atoms with Gasteiger partial charge in [-0.05, 0) is 44.2 Å². The molecule has 1 aliphatic heterocycles. The second kappa shape index (κ2) is 5.75. The lowest BCUT2D eigenvalue weighted by atomic mass is 9.81. The van der Waals surface area contributed by atoms with E-state index in [4.69, 9.17) is 4.99 Å². The van der Waals surface area contributed by atoms with Crippen LogP contribution in [-0.2, 0) is 11.2 Å². The van der Waals surface area contributed by atoms with E-state index in [2.05, 4.69) is 38.1 Å². The molecule has 0 spiro atoms. The molecule has 0 atom stereocenters. The average molecular weight is 283 g/mol. The molecule has 0 bridgehead atoms. The lowest BCUT2D eigenvalue weighted by Crippen LogP contribution is -2.31. The molecule has 1 aromatic rings. The first-order valence-corrected chi connectivity index (χ1v) is 8.25. The second-order valence-electron chi connectivity index (χ2n) is 7.18. The smallest absolute Gasteiger partial charge is 0.141 e. The van der Waals surface area contributed by atoms with Crippen LogP contribution in [0, 0.1) is 5.92 Å². The fraction of sp³-hybridized carbons (Fsp3) is 0.579. The maximum Gasteiger partial charge on any atom is 0.141 e. The Kier molecular flexibility index (Phi) is 3.97. The molecule has 0 aromatic heterocycles. The van der Waals surface area contributed by atoms with Gasteiger partial charge in [-0.2, -0.15) is 0 Å². The molecule has 1 fully saturated rings. The molecule has 0 radical (unpaired) electrons. The summed E-state index contributed by atoms with van der Waals surface area (Å²) in [4.78, 5) is 17.5. The fourth-order valence-electron chi connectivity index (χ4n) is 3.76. The van der Waals surface area contributed by atoms with Crippen molar-refractivity contribution in [2.24, 2.45) is 10.9 Å². The van der Waals surface area contributed by atoms with Gasteiger partial charge in [0.1, 0.15) is 5.78 Å². The van der Waals surface area contributed by atoms with E-state index in [1.807, 2.05) is 0 Å². The number of carbonyl (C=O) groups is 1. The number of rotatable bonds is 3. The third kappa shape index (κ3) is 3.25. The molecule has 112 valence electrons. The van der Waals surface area contributed by atoms with Crippen molar-refractivity contribution in [1.82, 2.24) is 0 Å². The molecule has 0 amide bonds. The van der Waals surface area contributed by atoms with Crippen molar-refractivity contribution in [3.8, 4) is 0 Å². The Labute approximate surface area is 127 Å². The minimum Gasteiger partial charge on any atom is -0.299 e. The molecule has 1 saturated carbocycles. The molecule has 2 heteroatoms. The van der Waals surface area contributed by atoms with Crippen LogP contribution >= 0.6 is 0 Å². The van der Waals surface area contributed by atoms with Crippen LogP contribution in [0.1, 0.15) is 63.5 Å². The molecule has 1 aromatic carbocycles. The zero-order valence-electron chi connectivity index (χ0n) is 13.2. The summed E-state index contributed by atoms with van der Waals surface area (Å²) >= 11 is 0. The molecule has 0 unspecified atom stereocenters. The molecular formula is C19H25NO. The monoisotopic (exact) mass is 283 g/mol. The maximum atomic E-state index is 12.6. The van der Waals surface area contributed by atoms with Crippen LogP contribution in [0.2, 0.25) is 0 Å². The van der Waals surface area contributed by atoms with Gasteiger partial charge in [0.2, 0.25) is 0 Å². The zero-order chi connectivity index (χ0) is 14.9. The first-order valence-electron chi connectivity index (χ1n) is 8.25. The Balaban J connectivity index is 1.82. The molecular weight excluding hydrogens is 258 g/mol. The van der Waals surface area contributed by atoms with Crippen LogP contribution in [0.25, 0.3) is 0 Å². The number of carbonyl (C=O) groups excluding carboxylic acids is 1. The largest absolute Gasteiger partial charge is 0.299 e. The fourth-order valence-corrected chi connectivity index (χ4v) is 3.76. The van der Waals surface area contributed by atoms with Crippen molar-refractivity contribution in [2.45, 2.75) is 64.3 Å². The van der Waals surface area contributed by atoms with Gasteiger partial charge in [-0.1, -0.05) is 43.5 Å². The average Bonchev–Trinajstić information content (AvgIpc) is 2.47. The second-order valence-corrected chi connectivity index (χ2v) is 7.18. The quantitative estimate of drug-likeness (QED) is 0.811. The van der Waals surface area contributed by atoms with Gasteiger partial charge < -0.3 is 0 Å². The summed E-state index contributed by atoms with van der Waals surface area (Å²) in [6.45, 7) is 4.32. The number of fused-ring (bicyclic) bond motifs is 1. The summed E-state index contributed by atoms with van der Waals surface area (Å²) in [5.74, 6) is 0.680. The number of ketones is 1. The van der Waals surface area contributed by atoms with Gasteiger partial charge in [-0.15, -0.1) is 0 Å². The Morgan fingerprint density at radius 2 is 1.90 bits per heavy atom.